The molecule has 0 heterocycles. The van der Waals surface area contributed by atoms with Crippen LogP contribution >= 0.6 is 0 Å². The molecule has 0 aromatic rings. The molecule has 20 heavy (non-hydrogen) atoms. The maximum Gasteiger partial charge on any atom is 0.0255 e. The predicted octanol–water partition coefficient (Wildman–Crippen LogP) is 3.66. The zero-order valence-corrected chi connectivity index (χ0v) is 14.0. The fourth-order valence-electron chi connectivity index (χ4n) is 4.20. The summed E-state index contributed by atoms with van der Waals surface area (Å²) in [6, 6.07) is 2.45. The van der Waals surface area contributed by atoms with Crippen molar-refractivity contribution in [3.8, 4) is 0 Å². The Morgan fingerprint density at radius 1 is 1.00 bits per heavy atom. The van der Waals surface area contributed by atoms with Gasteiger partial charge in [-0.2, -0.15) is 0 Å². The summed E-state index contributed by atoms with van der Waals surface area (Å²) in [7, 11) is 2.18. The van der Waals surface area contributed by atoms with Crippen LogP contribution in [0.4, 0.5) is 0 Å². The van der Waals surface area contributed by atoms with Gasteiger partial charge in [-0.25, -0.2) is 0 Å². The molecule has 0 aromatic carbocycles. The Kier molecular flexibility index (Phi) is 4.16. The average molecular weight is 278 g/mol. The summed E-state index contributed by atoms with van der Waals surface area (Å²) in [5.41, 5.74) is 0.478. The molecular formula is C18H34N2. The fraction of sp³-hybridized carbons (Fsp3) is 1.00. The maximum atomic E-state index is 3.64. The molecule has 1 N–H and O–H groups in total. The Morgan fingerprint density at radius 3 is 2.20 bits per heavy atom. The quantitative estimate of drug-likeness (QED) is 0.825. The first-order chi connectivity index (χ1) is 9.49. The van der Waals surface area contributed by atoms with Gasteiger partial charge < -0.3 is 5.32 Å². The van der Waals surface area contributed by atoms with Crippen LogP contribution in [-0.2, 0) is 0 Å². The first-order valence-corrected chi connectivity index (χ1v) is 8.92. The van der Waals surface area contributed by atoms with E-state index in [0.717, 1.165) is 30.0 Å². The highest BCUT2D eigenvalue weighted by Crippen LogP contribution is 2.43. The highest BCUT2D eigenvalue weighted by atomic mass is 15.2. The van der Waals surface area contributed by atoms with E-state index < -0.39 is 0 Å². The van der Waals surface area contributed by atoms with Crippen molar-refractivity contribution < 1.29 is 0 Å². The van der Waals surface area contributed by atoms with Crippen LogP contribution < -0.4 is 5.32 Å². The Balaban J connectivity index is 1.71. The lowest BCUT2D eigenvalue weighted by Gasteiger charge is -2.46. The van der Waals surface area contributed by atoms with E-state index in [-0.39, 0.29) is 0 Å². The lowest BCUT2D eigenvalue weighted by molar-refractivity contribution is 0.0525. The maximum absolute atomic E-state index is 3.64. The van der Waals surface area contributed by atoms with Crippen molar-refractivity contribution in [3.63, 3.8) is 0 Å². The summed E-state index contributed by atoms with van der Waals surface area (Å²) >= 11 is 0. The van der Waals surface area contributed by atoms with Gasteiger partial charge in [-0.05, 0) is 69.2 Å². The van der Waals surface area contributed by atoms with Crippen molar-refractivity contribution in [2.75, 3.05) is 13.6 Å². The lowest BCUT2D eigenvalue weighted by atomic mass is 9.69. The molecule has 3 atom stereocenters. The minimum Gasteiger partial charge on any atom is -0.315 e. The van der Waals surface area contributed by atoms with Gasteiger partial charge >= 0.3 is 0 Å². The van der Waals surface area contributed by atoms with Gasteiger partial charge in [0.2, 0.25) is 0 Å². The van der Waals surface area contributed by atoms with E-state index in [1.807, 2.05) is 0 Å². The molecule has 0 aromatic heterocycles. The molecule has 3 aliphatic rings. The van der Waals surface area contributed by atoms with Gasteiger partial charge in [-0.3, -0.25) is 4.90 Å². The van der Waals surface area contributed by atoms with Gasteiger partial charge in [0.05, 0.1) is 0 Å². The van der Waals surface area contributed by atoms with Crippen LogP contribution in [0.15, 0.2) is 0 Å². The molecule has 0 spiro atoms. The van der Waals surface area contributed by atoms with E-state index in [1.165, 1.54) is 51.5 Å². The minimum atomic E-state index is 0.478. The molecule has 2 nitrogen and oxygen atoms in total. The topological polar surface area (TPSA) is 15.3 Å². The molecule has 0 aliphatic heterocycles. The van der Waals surface area contributed by atoms with Gasteiger partial charge in [0, 0.05) is 24.7 Å². The van der Waals surface area contributed by atoms with Crippen LogP contribution in [0.5, 0.6) is 0 Å². The van der Waals surface area contributed by atoms with Crippen LogP contribution in [0.3, 0.4) is 0 Å². The highest BCUT2D eigenvalue weighted by Gasteiger charge is 2.43. The number of nitrogens with zero attached hydrogens (tertiary/aromatic N) is 1. The van der Waals surface area contributed by atoms with E-state index in [1.54, 1.807) is 0 Å². The summed E-state index contributed by atoms with van der Waals surface area (Å²) in [5.74, 6) is 1.93. The van der Waals surface area contributed by atoms with Crippen LogP contribution in [0, 0.1) is 17.3 Å². The zero-order valence-electron chi connectivity index (χ0n) is 14.0. The van der Waals surface area contributed by atoms with E-state index in [4.69, 9.17) is 0 Å². The lowest BCUT2D eigenvalue weighted by Crippen LogP contribution is -2.54. The Labute approximate surface area is 125 Å². The number of hydrogen-bond donors (Lipinski definition) is 1. The molecule has 0 bridgehead atoms. The predicted molar refractivity (Wildman–Crippen MR) is 85.9 cm³/mol. The molecule has 2 heteroatoms. The first-order valence-electron chi connectivity index (χ1n) is 8.92. The fourth-order valence-corrected chi connectivity index (χ4v) is 4.20. The van der Waals surface area contributed by atoms with Crippen molar-refractivity contribution in [1.29, 1.82) is 0 Å². The molecule has 3 unspecified atom stereocenters. The van der Waals surface area contributed by atoms with Gasteiger partial charge in [0.1, 0.15) is 0 Å². The summed E-state index contributed by atoms with van der Waals surface area (Å²) in [6.45, 7) is 8.72. The zero-order chi connectivity index (χ0) is 14.3. The second kappa shape index (κ2) is 5.61. The largest absolute Gasteiger partial charge is 0.315 e. The number of rotatable bonds is 5. The van der Waals surface area contributed by atoms with Crippen molar-refractivity contribution in [2.45, 2.75) is 83.8 Å². The van der Waals surface area contributed by atoms with Crippen LogP contribution in [0.2, 0.25) is 0 Å². The van der Waals surface area contributed by atoms with Crippen LogP contribution in [0.1, 0.15) is 65.7 Å². The van der Waals surface area contributed by atoms with E-state index >= 15 is 0 Å². The monoisotopic (exact) mass is 278 g/mol. The van der Waals surface area contributed by atoms with E-state index in [2.05, 4.69) is 38.0 Å². The first kappa shape index (κ1) is 14.8. The highest BCUT2D eigenvalue weighted by molar-refractivity contribution is 4.99. The smallest absolute Gasteiger partial charge is 0.0255 e. The van der Waals surface area contributed by atoms with Crippen LogP contribution in [0.25, 0.3) is 0 Å². The number of likely N-dealkylation sites (N-methyl/N-ethyl adjacent to an activating group) is 1. The molecule has 3 aliphatic carbocycles. The molecule has 116 valence electrons. The SMILES string of the molecule is CNC1CCC(C(C)(C)C)CC1N(CC1CC1)C1CC1. The standard InChI is InChI=1S/C18H34N2/c1-18(2,3)14-7-10-16(19-4)17(11-14)20(15-8-9-15)12-13-5-6-13/h13-17,19H,5-12H2,1-4H3. The summed E-state index contributed by atoms with van der Waals surface area (Å²) < 4.78 is 0. The normalized spacial score (nSPS) is 35.5. The van der Waals surface area contributed by atoms with Gasteiger partial charge in [-0.1, -0.05) is 20.8 Å². The average Bonchev–Trinajstić information content (AvgIpc) is 3.26. The molecule has 0 saturated heterocycles. The Bertz CT molecular complexity index is 325. The van der Waals surface area contributed by atoms with Crippen molar-refractivity contribution in [3.05, 3.63) is 0 Å². The van der Waals surface area contributed by atoms with E-state index in [9.17, 15) is 0 Å². The molecule has 3 rings (SSSR count). The minimum absolute atomic E-state index is 0.478. The van der Waals surface area contributed by atoms with Gasteiger partial charge in [-0.15, -0.1) is 0 Å². The number of hydrogen-bond acceptors (Lipinski definition) is 2. The third-order valence-corrected chi connectivity index (χ3v) is 6.02. The third-order valence-electron chi connectivity index (χ3n) is 6.02. The second-order valence-corrected chi connectivity index (χ2v) is 8.71. The summed E-state index contributed by atoms with van der Waals surface area (Å²) in [5, 5.41) is 3.64. The molecular weight excluding hydrogens is 244 g/mol. The third kappa shape index (κ3) is 3.39. The van der Waals surface area contributed by atoms with Gasteiger partial charge in [0.15, 0.2) is 0 Å². The molecule has 0 radical (unpaired) electrons. The van der Waals surface area contributed by atoms with Crippen molar-refractivity contribution >= 4 is 0 Å². The molecule has 3 fully saturated rings. The van der Waals surface area contributed by atoms with E-state index in [0.29, 0.717) is 5.41 Å². The second-order valence-electron chi connectivity index (χ2n) is 8.71. The Hall–Kier alpha value is -0.0800. The Morgan fingerprint density at radius 2 is 1.70 bits per heavy atom. The van der Waals surface area contributed by atoms with Gasteiger partial charge in [0.25, 0.3) is 0 Å². The summed E-state index contributed by atoms with van der Waals surface area (Å²) in [6.07, 6.45) is 10.1. The number of nitrogens with one attached hydrogen (secondary N) is 1. The molecule has 3 saturated carbocycles. The van der Waals surface area contributed by atoms with Crippen molar-refractivity contribution in [2.24, 2.45) is 17.3 Å². The van der Waals surface area contributed by atoms with Crippen molar-refractivity contribution in [1.82, 2.24) is 10.2 Å². The summed E-state index contributed by atoms with van der Waals surface area (Å²) in [4.78, 5) is 2.93. The molecule has 0 amide bonds. The van der Waals surface area contributed by atoms with Crippen LogP contribution in [-0.4, -0.2) is 36.6 Å².